The number of rotatable bonds is 6. The summed E-state index contributed by atoms with van der Waals surface area (Å²) in [5.74, 6) is 0.903. The SMILES string of the molecule is CSc1nc2nc(C)cc(OCC3CN(S(=O)(=O)c4c(C)nn(C)c4Cl)CCO3)n2n1. The van der Waals surface area contributed by atoms with Crippen molar-refractivity contribution in [3.05, 3.63) is 22.6 Å². The molecule has 31 heavy (non-hydrogen) atoms. The summed E-state index contributed by atoms with van der Waals surface area (Å²) in [7, 11) is -2.21. The van der Waals surface area contributed by atoms with E-state index in [2.05, 4.69) is 20.2 Å². The molecule has 3 aromatic heterocycles. The van der Waals surface area contributed by atoms with Crippen LogP contribution >= 0.6 is 23.4 Å². The molecule has 4 heterocycles. The van der Waals surface area contributed by atoms with Crippen molar-refractivity contribution in [3.8, 4) is 5.88 Å². The second-order valence-electron chi connectivity index (χ2n) is 7.04. The summed E-state index contributed by atoms with van der Waals surface area (Å²) in [5, 5.41) is 9.14. The van der Waals surface area contributed by atoms with Crippen LogP contribution in [0.2, 0.25) is 5.15 Å². The molecule has 1 unspecified atom stereocenters. The first-order valence-corrected chi connectivity index (χ1v) is 12.5. The Morgan fingerprint density at radius 2 is 2.10 bits per heavy atom. The number of fused-ring (bicyclic) bond motifs is 1. The minimum atomic E-state index is -3.82. The molecule has 3 aromatic rings. The quantitative estimate of drug-likeness (QED) is 0.474. The number of hydrogen-bond donors (Lipinski definition) is 0. The van der Waals surface area contributed by atoms with Gasteiger partial charge in [0.15, 0.2) is 0 Å². The summed E-state index contributed by atoms with van der Waals surface area (Å²) in [6.07, 6.45) is 1.41. The van der Waals surface area contributed by atoms with Gasteiger partial charge in [0.2, 0.25) is 21.1 Å². The molecule has 0 N–H and O–H groups in total. The molecule has 1 aliphatic rings. The monoisotopic (exact) mass is 487 g/mol. The molecule has 0 spiro atoms. The maximum Gasteiger partial charge on any atom is 0.256 e. The fourth-order valence-electron chi connectivity index (χ4n) is 3.35. The lowest BCUT2D eigenvalue weighted by Gasteiger charge is -2.31. The number of halogens is 1. The minimum Gasteiger partial charge on any atom is -0.475 e. The normalized spacial score (nSPS) is 18.0. The van der Waals surface area contributed by atoms with Crippen LogP contribution < -0.4 is 4.74 Å². The maximum absolute atomic E-state index is 13.2. The Morgan fingerprint density at radius 3 is 2.77 bits per heavy atom. The van der Waals surface area contributed by atoms with Crippen molar-refractivity contribution in [2.45, 2.75) is 30.0 Å². The number of sulfonamides is 1. The number of thioether (sulfide) groups is 1. The third kappa shape index (κ3) is 4.24. The third-order valence-electron chi connectivity index (χ3n) is 4.79. The van der Waals surface area contributed by atoms with E-state index < -0.39 is 16.1 Å². The summed E-state index contributed by atoms with van der Waals surface area (Å²) in [5.41, 5.74) is 1.09. The molecule has 11 nitrogen and oxygen atoms in total. The molecular weight excluding hydrogens is 466 g/mol. The average Bonchev–Trinajstić information content (AvgIpc) is 3.26. The van der Waals surface area contributed by atoms with Crippen LogP contribution in [0.4, 0.5) is 0 Å². The van der Waals surface area contributed by atoms with Crippen molar-refractivity contribution in [2.24, 2.45) is 7.05 Å². The summed E-state index contributed by atoms with van der Waals surface area (Å²) in [4.78, 5) is 8.71. The fourth-order valence-corrected chi connectivity index (χ4v) is 5.85. The average molecular weight is 488 g/mol. The lowest BCUT2D eigenvalue weighted by atomic mass is 10.3. The van der Waals surface area contributed by atoms with E-state index in [-0.39, 0.29) is 36.4 Å². The highest BCUT2D eigenvalue weighted by atomic mass is 35.5. The largest absolute Gasteiger partial charge is 0.475 e. The van der Waals surface area contributed by atoms with Gasteiger partial charge in [-0.25, -0.2) is 13.4 Å². The number of aryl methyl sites for hydroxylation is 3. The van der Waals surface area contributed by atoms with Crippen molar-refractivity contribution in [2.75, 3.05) is 32.6 Å². The highest BCUT2D eigenvalue weighted by Crippen LogP contribution is 2.28. The lowest BCUT2D eigenvalue weighted by Crippen LogP contribution is -2.47. The number of ether oxygens (including phenoxy) is 2. The summed E-state index contributed by atoms with van der Waals surface area (Å²) in [6.45, 7) is 4.20. The van der Waals surface area contributed by atoms with Gasteiger partial charge >= 0.3 is 0 Å². The summed E-state index contributed by atoms with van der Waals surface area (Å²) in [6, 6.07) is 1.75. The molecule has 0 bridgehead atoms. The van der Waals surface area contributed by atoms with Crippen LogP contribution in [0.5, 0.6) is 5.88 Å². The Balaban J connectivity index is 1.51. The molecule has 0 radical (unpaired) electrons. The van der Waals surface area contributed by atoms with Gasteiger partial charge in [-0.15, -0.1) is 5.10 Å². The van der Waals surface area contributed by atoms with Crippen molar-refractivity contribution in [1.82, 2.24) is 33.7 Å². The van der Waals surface area contributed by atoms with Gasteiger partial charge in [-0.1, -0.05) is 23.4 Å². The number of aromatic nitrogens is 6. The Kier molecular flexibility index (Phi) is 6.14. The first-order chi connectivity index (χ1) is 14.7. The first kappa shape index (κ1) is 22.3. The van der Waals surface area contributed by atoms with Crippen LogP contribution in [-0.2, 0) is 21.8 Å². The molecular formula is C17H22ClN7O4S2. The van der Waals surface area contributed by atoms with Gasteiger partial charge < -0.3 is 9.47 Å². The molecule has 0 amide bonds. The Bertz CT molecular complexity index is 1230. The third-order valence-corrected chi connectivity index (χ3v) is 7.89. The van der Waals surface area contributed by atoms with Crippen molar-refractivity contribution < 1.29 is 17.9 Å². The number of hydrogen-bond acceptors (Lipinski definition) is 9. The topological polar surface area (TPSA) is 117 Å². The zero-order valence-electron chi connectivity index (χ0n) is 17.4. The Labute approximate surface area is 188 Å². The smallest absolute Gasteiger partial charge is 0.256 e. The van der Waals surface area contributed by atoms with E-state index in [1.807, 2.05) is 13.2 Å². The zero-order chi connectivity index (χ0) is 22.3. The first-order valence-electron chi connectivity index (χ1n) is 9.42. The highest BCUT2D eigenvalue weighted by Gasteiger charge is 2.35. The molecule has 1 atom stereocenters. The molecule has 14 heteroatoms. The molecule has 0 aliphatic carbocycles. The van der Waals surface area contributed by atoms with E-state index in [4.69, 9.17) is 21.1 Å². The van der Waals surface area contributed by atoms with Crippen molar-refractivity contribution in [3.63, 3.8) is 0 Å². The molecule has 4 rings (SSSR count). The standard InChI is InChI=1S/C17H22ClN7O4S2/c1-10-7-13(25-16(19-10)20-17(22-25)30-4)29-9-12-8-24(5-6-28-12)31(26,27)14-11(2)21-23(3)15(14)18/h7,12H,5-6,8-9H2,1-4H3. The van der Waals surface area contributed by atoms with Crippen LogP contribution in [0.1, 0.15) is 11.4 Å². The van der Waals surface area contributed by atoms with Gasteiger partial charge in [0, 0.05) is 31.9 Å². The van der Waals surface area contributed by atoms with Gasteiger partial charge in [-0.2, -0.15) is 18.9 Å². The van der Waals surface area contributed by atoms with Gasteiger partial charge in [0.05, 0.1) is 12.3 Å². The predicted molar refractivity (Wildman–Crippen MR) is 114 cm³/mol. The Morgan fingerprint density at radius 1 is 1.32 bits per heavy atom. The number of morpholine rings is 1. The second-order valence-corrected chi connectivity index (χ2v) is 10.0. The summed E-state index contributed by atoms with van der Waals surface area (Å²) < 4.78 is 42.3. The van der Waals surface area contributed by atoms with Crippen LogP contribution in [0, 0.1) is 13.8 Å². The molecule has 0 aromatic carbocycles. The Hall–Kier alpha value is -1.93. The van der Waals surface area contributed by atoms with E-state index in [0.29, 0.717) is 22.5 Å². The number of nitrogens with zero attached hydrogens (tertiary/aromatic N) is 7. The van der Waals surface area contributed by atoms with Gasteiger partial charge in [0.25, 0.3) is 5.78 Å². The lowest BCUT2D eigenvalue weighted by molar-refractivity contribution is -0.0261. The molecule has 1 saturated heterocycles. The predicted octanol–water partition coefficient (Wildman–Crippen LogP) is 1.32. The molecule has 1 aliphatic heterocycles. The summed E-state index contributed by atoms with van der Waals surface area (Å²) >= 11 is 7.60. The van der Waals surface area contributed by atoms with E-state index >= 15 is 0 Å². The molecule has 1 fully saturated rings. The molecule has 0 saturated carbocycles. The van der Waals surface area contributed by atoms with Crippen LogP contribution in [0.3, 0.4) is 0 Å². The fraction of sp³-hybridized carbons (Fsp3) is 0.529. The van der Waals surface area contributed by atoms with Crippen LogP contribution in [0.25, 0.3) is 5.78 Å². The maximum atomic E-state index is 13.2. The minimum absolute atomic E-state index is 0.0249. The van der Waals surface area contributed by atoms with Crippen LogP contribution in [0.15, 0.2) is 16.1 Å². The van der Waals surface area contributed by atoms with E-state index in [0.717, 1.165) is 5.69 Å². The van der Waals surface area contributed by atoms with E-state index in [1.54, 1.807) is 20.0 Å². The van der Waals surface area contributed by atoms with Crippen LogP contribution in [-0.4, -0.2) is 80.7 Å². The van der Waals surface area contributed by atoms with Gasteiger partial charge in [0.1, 0.15) is 22.8 Å². The van der Waals surface area contributed by atoms with E-state index in [9.17, 15) is 8.42 Å². The van der Waals surface area contributed by atoms with Crippen molar-refractivity contribution in [1.29, 1.82) is 0 Å². The highest BCUT2D eigenvalue weighted by molar-refractivity contribution is 7.98. The second kappa shape index (κ2) is 8.54. The zero-order valence-corrected chi connectivity index (χ0v) is 19.8. The molecule has 168 valence electrons. The van der Waals surface area contributed by atoms with Crippen molar-refractivity contribution >= 4 is 39.2 Å². The van der Waals surface area contributed by atoms with E-state index in [1.165, 1.54) is 25.3 Å². The van der Waals surface area contributed by atoms with Gasteiger partial charge in [-0.05, 0) is 20.1 Å². The van der Waals surface area contributed by atoms with Gasteiger partial charge in [-0.3, -0.25) is 4.68 Å².